The van der Waals surface area contributed by atoms with Gasteiger partial charge >= 0.3 is 6.18 Å². The van der Waals surface area contributed by atoms with Crippen LogP contribution in [0.25, 0.3) is 0 Å². The van der Waals surface area contributed by atoms with Crippen molar-refractivity contribution >= 4 is 5.91 Å². The monoisotopic (exact) mass is 528 g/mol. The van der Waals surface area contributed by atoms with Gasteiger partial charge < -0.3 is 14.8 Å². The minimum atomic E-state index is -4.91. The normalized spacial score (nSPS) is 29.9. The number of alkyl halides is 3. The Morgan fingerprint density at radius 2 is 1.86 bits per heavy atom. The van der Waals surface area contributed by atoms with Crippen molar-refractivity contribution in [1.82, 2.24) is 10.2 Å². The van der Waals surface area contributed by atoms with Crippen molar-refractivity contribution in [3.63, 3.8) is 0 Å². The van der Waals surface area contributed by atoms with E-state index in [0.29, 0.717) is 36.4 Å². The van der Waals surface area contributed by atoms with Crippen LogP contribution in [0.4, 0.5) is 13.2 Å². The second-order valence-electron chi connectivity index (χ2n) is 7.59. The second-order valence-corrected chi connectivity index (χ2v) is 7.59. The lowest BCUT2D eigenvalue weighted by atomic mass is 9.86. The highest BCUT2D eigenvalue weighted by Gasteiger charge is 2.37. The first-order valence-electron chi connectivity index (χ1n) is 18.6. The summed E-state index contributed by atoms with van der Waals surface area (Å²) in [5.74, 6) is -3.64. The average Bonchev–Trinajstić information content (AvgIpc) is 3.02. The number of nitrogens with one attached hydrogen (secondary N) is 1. The Bertz CT molecular complexity index is 1860. The van der Waals surface area contributed by atoms with Gasteiger partial charge in [0.15, 0.2) is 11.5 Å². The fourth-order valence-corrected chi connectivity index (χ4v) is 3.55. The zero-order chi connectivity index (χ0) is 40.6. The highest BCUT2D eigenvalue weighted by atomic mass is 19.4. The number of hydrogen-bond donors (Lipinski definition) is 1. The molecular formula is C29H31F3N2O3. The maximum absolute atomic E-state index is 13.9. The van der Waals surface area contributed by atoms with Crippen molar-refractivity contribution in [3.8, 4) is 11.5 Å². The zero-order valence-corrected chi connectivity index (χ0v) is 19.2. The number of rotatable bonds is 8. The number of methoxy groups -OCH3 is 2. The van der Waals surface area contributed by atoms with Gasteiger partial charge in [0.25, 0.3) is 0 Å². The Labute approximate surface area is 237 Å². The molecule has 1 amide bonds. The molecule has 0 bridgehead atoms. The fraction of sp³-hybridized carbons (Fsp3) is 0.345. The van der Waals surface area contributed by atoms with Gasteiger partial charge in [0.2, 0.25) is 5.91 Å². The third kappa shape index (κ3) is 5.74. The summed E-state index contributed by atoms with van der Waals surface area (Å²) in [6.07, 6.45) is -16.3. The lowest BCUT2D eigenvalue weighted by Crippen LogP contribution is -2.44. The Kier molecular flexibility index (Phi) is 3.90. The van der Waals surface area contributed by atoms with E-state index in [4.69, 9.17) is 23.2 Å². The predicted molar refractivity (Wildman–Crippen MR) is 136 cm³/mol. The van der Waals surface area contributed by atoms with Crippen molar-refractivity contribution in [1.29, 1.82) is 0 Å². The quantitative estimate of drug-likeness (QED) is 0.405. The van der Waals surface area contributed by atoms with Gasteiger partial charge in [0, 0.05) is 30.5 Å². The highest BCUT2D eigenvalue weighted by molar-refractivity contribution is 5.83. The molecule has 37 heavy (non-hydrogen) atoms. The molecule has 4 rings (SSSR count). The Hall–Kier alpha value is -3.52. The molecule has 8 heteroatoms. The van der Waals surface area contributed by atoms with Gasteiger partial charge in [-0.05, 0) is 65.6 Å². The highest BCUT2D eigenvalue weighted by Crippen LogP contribution is 2.43. The maximum Gasteiger partial charge on any atom is 0.416 e. The van der Waals surface area contributed by atoms with Crippen molar-refractivity contribution in [2.75, 3.05) is 27.6 Å². The van der Waals surface area contributed by atoms with Gasteiger partial charge in [0.05, 0.1) is 30.6 Å². The van der Waals surface area contributed by atoms with Crippen LogP contribution in [0.15, 0.2) is 66.7 Å². The molecule has 1 N–H and O–H groups in total. The molecule has 0 radical (unpaired) electrons. The first-order valence-corrected chi connectivity index (χ1v) is 10.6. The van der Waals surface area contributed by atoms with Crippen LogP contribution in [0.3, 0.4) is 0 Å². The Morgan fingerprint density at radius 1 is 1.19 bits per heavy atom. The van der Waals surface area contributed by atoms with E-state index in [2.05, 4.69) is 5.32 Å². The van der Waals surface area contributed by atoms with Crippen molar-refractivity contribution < 1.29 is 49.4 Å². The minimum absolute atomic E-state index is 0.186. The maximum atomic E-state index is 13.9. The number of benzene rings is 3. The van der Waals surface area contributed by atoms with Gasteiger partial charge in [-0.15, -0.1) is 0 Å². The van der Waals surface area contributed by atoms with Gasteiger partial charge in [-0.3, -0.25) is 9.69 Å². The second kappa shape index (κ2) is 11.3. The Morgan fingerprint density at radius 3 is 2.49 bits per heavy atom. The summed E-state index contributed by atoms with van der Waals surface area (Å²) in [7, 11) is -5.84. The smallest absolute Gasteiger partial charge is 0.416 e. The summed E-state index contributed by atoms with van der Waals surface area (Å²) in [6, 6.07) is 1.56. The van der Waals surface area contributed by atoms with E-state index in [-0.39, 0.29) is 4.90 Å². The molecule has 2 atom stereocenters. The molecule has 0 saturated heterocycles. The van der Waals surface area contributed by atoms with Crippen molar-refractivity contribution in [3.05, 3.63) is 94.5 Å². The zero-order valence-electron chi connectivity index (χ0n) is 35.2. The van der Waals surface area contributed by atoms with Crippen LogP contribution in [0, 0.1) is 0 Å². The number of likely N-dealkylation sites (N-methyl/N-ethyl adjacent to an activating group) is 1. The lowest BCUT2D eigenvalue weighted by molar-refractivity contribution is -0.137. The first-order chi connectivity index (χ1) is 23.8. The predicted octanol–water partition coefficient (Wildman–Crippen LogP) is 5.74. The topological polar surface area (TPSA) is 50.8 Å². The first kappa shape index (κ1) is 12.8. The minimum Gasteiger partial charge on any atom is -0.493 e. The molecule has 1 aliphatic heterocycles. The molecule has 0 fully saturated rings. The summed E-state index contributed by atoms with van der Waals surface area (Å²) in [6.45, 7) is -3.93. The van der Waals surface area contributed by atoms with E-state index in [1.165, 1.54) is 18.2 Å². The molecule has 1 heterocycles. The number of halogens is 3. The third-order valence-electron chi connectivity index (χ3n) is 5.34. The molecule has 3 aromatic rings. The number of hydrogen-bond acceptors (Lipinski definition) is 4. The summed E-state index contributed by atoms with van der Waals surface area (Å²) in [4.78, 5) is 13.7. The molecule has 0 saturated carbocycles. The van der Waals surface area contributed by atoms with Crippen LogP contribution >= 0.6 is 0 Å². The summed E-state index contributed by atoms with van der Waals surface area (Å²) in [5, 5.41) is 2.10. The molecule has 0 aliphatic carbocycles. The van der Waals surface area contributed by atoms with E-state index < -0.39 is 103 Å². The van der Waals surface area contributed by atoms with Crippen LogP contribution in [0.1, 0.15) is 68.2 Å². The number of carbonyl (C=O) groups is 1. The number of aryl methyl sites for hydroxylation is 2. The largest absolute Gasteiger partial charge is 0.493 e. The molecule has 0 spiro atoms. The van der Waals surface area contributed by atoms with E-state index in [9.17, 15) is 26.2 Å². The van der Waals surface area contributed by atoms with E-state index in [1.54, 1.807) is 0 Å². The molecule has 196 valence electrons. The van der Waals surface area contributed by atoms with Crippen LogP contribution in [-0.4, -0.2) is 38.4 Å². The number of carbonyl (C=O) groups excluding carboxylic acids is 1. The van der Waals surface area contributed by atoms with Gasteiger partial charge in [-0.1, -0.05) is 42.5 Å². The average molecular weight is 529 g/mol. The number of nitrogens with zero attached hydrogens (tertiary/aromatic N) is 1. The van der Waals surface area contributed by atoms with Crippen LogP contribution in [0.2, 0.25) is 0 Å². The van der Waals surface area contributed by atoms with Crippen molar-refractivity contribution in [2.24, 2.45) is 0 Å². The third-order valence-corrected chi connectivity index (χ3v) is 5.34. The number of fused-ring (bicyclic) bond motifs is 1. The molecular weight excluding hydrogens is 481 g/mol. The SMILES string of the molecule is [2H]C([2H])([2H])Oc1cc2c(cc1OC([2H])([2H])[2H])[C@]([2H])(C([2H])([2H])C([2H])([2H])c1ccc(C(F)(F)F)cc1)N([C@@]([2H])(C(=O)NC)c1ccccc1)C([2H])([2H])C2([2H])[2H]. The van der Waals surface area contributed by atoms with Crippen LogP contribution in [-0.2, 0) is 23.7 Å². The standard InChI is InChI=1S/C29H31F3N2O3/c1-33-28(35)27(20-7-5-4-6-8-20)34-16-15-21-17-25(36-2)26(37-3)18-23(21)24(34)14-11-19-9-12-22(13-10-19)29(30,31)32/h4-10,12-13,17-18,24,27H,11,14-16H2,1-3H3,(H,33,35)/t24-,27+/m0/s1/i2D3,3D3,11D2,14D2,15D2,16D2,24D,27D. The van der Waals surface area contributed by atoms with Gasteiger partial charge in [-0.2, -0.15) is 13.2 Å². The van der Waals surface area contributed by atoms with E-state index >= 15 is 0 Å². The summed E-state index contributed by atoms with van der Waals surface area (Å²) < 4.78 is 188. The Balaban J connectivity index is 2.27. The van der Waals surface area contributed by atoms with Gasteiger partial charge in [0.1, 0.15) is 6.02 Å². The van der Waals surface area contributed by atoms with E-state index in [0.717, 1.165) is 19.2 Å². The summed E-state index contributed by atoms with van der Waals surface area (Å²) >= 11 is 0. The lowest BCUT2D eigenvalue weighted by Gasteiger charge is -2.42. The van der Waals surface area contributed by atoms with Crippen LogP contribution in [0.5, 0.6) is 11.5 Å². The van der Waals surface area contributed by atoms with Gasteiger partial charge in [-0.25, -0.2) is 0 Å². The molecule has 1 aliphatic rings. The number of ether oxygens (including phenoxy) is 2. The number of amides is 1. The molecule has 5 nitrogen and oxygen atoms in total. The molecule has 3 aromatic carbocycles. The fourth-order valence-electron chi connectivity index (χ4n) is 3.55. The van der Waals surface area contributed by atoms with E-state index in [1.807, 2.05) is 0 Å². The van der Waals surface area contributed by atoms with Crippen LogP contribution < -0.4 is 14.8 Å². The molecule has 0 unspecified atom stereocenters. The van der Waals surface area contributed by atoms with Crippen molar-refractivity contribution in [2.45, 2.75) is 37.3 Å². The summed E-state index contributed by atoms with van der Waals surface area (Å²) in [5.41, 5.74) is -4.88. The molecule has 0 aromatic heterocycles.